The Labute approximate surface area is 131 Å². The van der Waals surface area contributed by atoms with E-state index in [4.69, 9.17) is 4.74 Å². The van der Waals surface area contributed by atoms with Gasteiger partial charge in [0.1, 0.15) is 5.75 Å². The van der Waals surface area contributed by atoms with Gasteiger partial charge in [-0.25, -0.2) is 0 Å². The van der Waals surface area contributed by atoms with E-state index in [1.807, 2.05) is 18.2 Å². The van der Waals surface area contributed by atoms with Crippen molar-refractivity contribution in [2.75, 3.05) is 13.2 Å². The molecular weight excluding hydrogens is 332 g/mol. The summed E-state index contributed by atoms with van der Waals surface area (Å²) in [6.45, 7) is 1.30. The Hall–Kier alpha value is -1.88. The van der Waals surface area contributed by atoms with E-state index in [2.05, 4.69) is 32.3 Å². The molecule has 2 aromatic rings. The first-order chi connectivity index (χ1) is 10.3. The van der Waals surface area contributed by atoms with Crippen LogP contribution in [0, 0.1) is 0 Å². The lowest BCUT2D eigenvalue weighted by Gasteiger charge is -2.26. The van der Waals surface area contributed by atoms with Crippen molar-refractivity contribution in [2.24, 2.45) is 0 Å². The van der Waals surface area contributed by atoms with Gasteiger partial charge in [0.15, 0.2) is 0 Å². The van der Waals surface area contributed by atoms with E-state index in [9.17, 15) is 4.79 Å². The highest BCUT2D eigenvalue weighted by molar-refractivity contribution is 9.10. The van der Waals surface area contributed by atoms with Crippen molar-refractivity contribution >= 4 is 21.8 Å². The third-order valence-corrected chi connectivity index (χ3v) is 4.24. The van der Waals surface area contributed by atoms with Crippen LogP contribution < -0.4 is 10.1 Å². The lowest BCUT2D eigenvalue weighted by molar-refractivity contribution is 0.0947. The van der Waals surface area contributed by atoms with Gasteiger partial charge < -0.3 is 10.1 Å². The van der Waals surface area contributed by atoms with E-state index in [0.717, 1.165) is 17.7 Å². The van der Waals surface area contributed by atoms with Crippen molar-refractivity contribution in [1.29, 1.82) is 0 Å². The second-order valence-electron chi connectivity index (χ2n) is 4.94. The molecule has 0 bridgehead atoms. The highest BCUT2D eigenvalue weighted by atomic mass is 79.9. The molecule has 0 saturated heterocycles. The van der Waals surface area contributed by atoms with Crippen LogP contribution in [-0.2, 0) is 0 Å². The van der Waals surface area contributed by atoms with Crippen LogP contribution >= 0.6 is 15.9 Å². The van der Waals surface area contributed by atoms with Crippen molar-refractivity contribution < 1.29 is 9.53 Å². The summed E-state index contributed by atoms with van der Waals surface area (Å²) in [5, 5.41) is 3.00. The van der Waals surface area contributed by atoms with Gasteiger partial charge in [-0.2, -0.15) is 0 Å². The minimum absolute atomic E-state index is 0.0896. The normalized spacial score (nSPS) is 16.7. The summed E-state index contributed by atoms with van der Waals surface area (Å²) in [4.78, 5) is 16.2. The number of nitrogens with zero attached hydrogens (tertiary/aromatic N) is 1. The van der Waals surface area contributed by atoms with Crippen molar-refractivity contribution in [3.63, 3.8) is 0 Å². The molecule has 1 amide bonds. The zero-order chi connectivity index (χ0) is 14.7. The number of amides is 1. The Kier molecular flexibility index (Phi) is 4.20. The fraction of sp³-hybridized carbons (Fsp3) is 0.250. The predicted molar refractivity (Wildman–Crippen MR) is 83.6 cm³/mol. The number of carbonyl (C=O) groups is 1. The molecule has 3 rings (SSSR count). The minimum Gasteiger partial charge on any atom is -0.493 e. The Morgan fingerprint density at radius 2 is 2.24 bits per heavy atom. The van der Waals surface area contributed by atoms with Gasteiger partial charge >= 0.3 is 0 Å². The maximum Gasteiger partial charge on any atom is 0.252 e. The Bertz CT molecular complexity index is 660. The Morgan fingerprint density at radius 3 is 3.10 bits per heavy atom. The van der Waals surface area contributed by atoms with Crippen LogP contribution in [0.25, 0.3) is 0 Å². The van der Waals surface area contributed by atoms with Gasteiger partial charge in [-0.3, -0.25) is 9.78 Å². The number of carbonyl (C=O) groups excluding carboxylic acids is 1. The number of fused-ring (bicyclic) bond motifs is 1. The highest BCUT2D eigenvalue weighted by Gasteiger charge is 2.21. The van der Waals surface area contributed by atoms with Crippen LogP contribution in [0.15, 0.2) is 47.2 Å². The predicted octanol–water partition coefficient (Wildman–Crippen LogP) is 3.14. The number of hydrogen-bond acceptors (Lipinski definition) is 3. The van der Waals surface area contributed by atoms with Gasteiger partial charge in [0.25, 0.3) is 5.91 Å². The Morgan fingerprint density at radius 1 is 1.38 bits per heavy atom. The average Bonchev–Trinajstić information content (AvgIpc) is 2.53. The standard InChI is InChI=1S/C16H15BrN2O2/c17-14-10-18-7-5-13(14)16(20)19-9-11-6-8-21-15-4-2-1-3-12(11)15/h1-5,7,10-11H,6,8-9H2,(H,19,20)/t11-/m1/s1. The number of hydrogen-bond donors (Lipinski definition) is 1. The van der Waals surface area contributed by atoms with Gasteiger partial charge in [-0.15, -0.1) is 0 Å². The van der Waals surface area contributed by atoms with E-state index in [-0.39, 0.29) is 5.91 Å². The number of benzene rings is 1. The molecule has 0 aliphatic carbocycles. The minimum atomic E-state index is -0.0896. The number of ether oxygens (including phenoxy) is 1. The van der Waals surface area contributed by atoms with Crippen molar-refractivity contribution in [3.8, 4) is 5.75 Å². The summed E-state index contributed by atoms with van der Waals surface area (Å²) in [6.07, 6.45) is 4.15. The van der Waals surface area contributed by atoms with Crippen LogP contribution in [0.2, 0.25) is 0 Å². The van der Waals surface area contributed by atoms with Crippen molar-refractivity contribution in [1.82, 2.24) is 10.3 Å². The largest absolute Gasteiger partial charge is 0.493 e. The summed E-state index contributed by atoms with van der Waals surface area (Å²) < 4.78 is 6.34. The summed E-state index contributed by atoms with van der Waals surface area (Å²) >= 11 is 3.35. The molecule has 1 atom stereocenters. The zero-order valence-electron chi connectivity index (χ0n) is 11.4. The molecule has 0 radical (unpaired) electrons. The van der Waals surface area contributed by atoms with Crippen LogP contribution in [0.5, 0.6) is 5.75 Å². The van der Waals surface area contributed by atoms with Gasteiger partial charge in [-0.1, -0.05) is 18.2 Å². The number of aromatic nitrogens is 1. The molecule has 4 nitrogen and oxygen atoms in total. The fourth-order valence-electron chi connectivity index (χ4n) is 2.50. The lowest BCUT2D eigenvalue weighted by atomic mass is 9.93. The summed E-state index contributed by atoms with van der Waals surface area (Å²) in [6, 6.07) is 9.71. The van der Waals surface area contributed by atoms with Gasteiger partial charge in [-0.05, 0) is 40.0 Å². The maximum absolute atomic E-state index is 12.2. The van der Waals surface area contributed by atoms with E-state index in [0.29, 0.717) is 29.1 Å². The molecule has 0 fully saturated rings. The molecule has 0 spiro atoms. The first kappa shape index (κ1) is 14.1. The summed E-state index contributed by atoms with van der Waals surface area (Å²) in [7, 11) is 0. The molecule has 5 heteroatoms. The molecule has 1 aliphatic rings. The molecule has 1 aromatic heterocycles. The average molecular weight is 347 g/mol. The van der Waals surface area contributed by atoms with E-state index >= 15 is 0 Å². The molecule has 0 saturated carbocycles. The van der Waals surface area contributed by atoms with Gasteiger partial charge in [0, 0.05) is 29.3 Å². The molecule has 1 aliphatic heterocycles. The van der Waals surface area contributed by atoms with Crippen LogP contribution in [-0.4, -0.2) is 24.0 Å². The smallest absolute Gasteiger partial charge is 0.252 e. The van der Waals surface area contributed by atoms with E-state index < -0.39 is 0 Å². The lowest BCUT2D eigenvalue weighted by Crippen LogP contribution is -2.31. The quantitative estimate of drug-likeness (QED) is 0.928. The third-order valence-electron chi connectivity index (χ3n) is 3.61. The number of para-hydroxylation sites is 1. The molecule has 108 valence electrons. The van der Waals surface area contributed by atoms with Crippen LogP contribution in [0.1, 0.15) is 28.3 Å². The first-order valence-corrected chi connectivity index (χ1v) is 7.64. The van der Waals surface area contributed by atoms with Crippen LogP contribution in [0.3, 0.4) is 0 Å². The number of nitrogens with one attached hydrogen (secondary N) is 1. The van der Waals surface area contributed by atoms with Crippen molar-refractivity contribution in [2.45, 2.75) is 12.3 Å². The molecule has 21 heavy (non-hydrogen) atoms. The second kappa shape index (κ2) is 6.26. The van der Waals surface area contributed by atoms with Crippen molar-refractivity contribution in [3.05, 3.63) is 58.3 Å². The van der Waals surface area contributed by atoms with Crippen LogP contribution in [0.4, 0.5) is 0 Å². The Balaban J connectivity index is 1.69. The molecule has 1 N–H and O–H groups in total. The summed E-state index contributed by atoms with van der Waals surface area (Å²) in [5.41, 5.74) is 1.77. The third kappa shape index (κ3) is 3.08. The van der Waals surface area contributed by atoms with Gasteiger partial charge in [0.2, 0.25) is 0 Å². The molecule has 2 heterocycles. The molecule has 1 aromatic carbocycles. The first-order valence-electron chi connectivity index (χ1n) is 6.85. The number of pyridine rings is 1. The van der Waals surface area contributed by atoms with E-state index in [1.165, 1.54) is 0 Å². The highest BCUT2D eigenvalue weighted by Crippen LogP contribution is 2.32. The summed E-state index contributed by atoms with van der Waals surface area (Å²) in [5.74, 6) is 1.13. The topological polar surface area (TPSA) is 51.2 Å². The zero-order valence-corrected chi connectivity index (χ0v) is 13.0. The number of halogens is 1. The van der Waals surface area contributed by atoms with E-state index in [1.54, 1.807) is 18.5 Å². The van der Waals surface area contributed by atoms with Gasteiger partial charge in [0.05, 0.1) is 12.2 Å². The SMILES string of the molecule is O=C(NC[C@H]1CCOc2ccccc21)c1ccncc1Br. The fourth-order valence-corrected chi connectivity index (χ4v) is 2.93. The molecule has 0 unspecified atom stereocenters. The maximum atomic E-state index is 12.2. The molecular formula is C16H15BrN2O2. The monoisotopic (exact) mass is 346 g/mol. The second-order valence-corrected chi connectivity index (χ2v) is 5.79. The number of rotatable bonds is 3.